The highest BCUT2D eigenvalue weighted by Crippen LogP contribution is 2.42. The maximum absolute atomic E-state index is 14.7. The molecule has 0 aromatic heterocycles. The Balaban J connectivity index is 1.11. The van der Waals surface area contributed by atoms with Gasteiger partial charge in [-0.05, 0) is 54.1 Å². The van der Waals surface area contributed by atoms with Crippen LogP contribution in [0.3, 0.4) is 0 Å². The molecule has 1 fully saturated rings. The van der Waals surface area contributed by atoms with E-state index in [1.54, 1.807) is 35.2 Å². The quantitative estimate of drug-likeness (QED) is 0.296. The van der Waals surface area contributed by atoms with Crippen LogP contribution >= 0.6 is 11.8 Å². The van der Waals surface area contributed by atoms with Crippen LogP contribution in [0.1, 0.15) is 31.8 Å². The monoisotopic (exact) mass is 581 g/mol. The third kappa shape index (κ3) is 5.10. The summed E-state index contributed by atoms with van der Waals surface area (Å²) in [6.07, 6.45) is 0. The molecule has 3 aliphatic heterocycles. The number of carbonyl (C=O) groups is 2. The maximum atomic E-state index is 14.7. The molecule has 0 atom stereocenters. The molecule has 0 bridgehead atoms. The van der Waals surface area contributed by atoms with Gasteiger partial charge in [0.05, 0.1) is 17.8 Å². The van der Waals surface area contributed by atoms with Crippen LogP contribution in [-0.2, 0) is 13.1 Å². The average molecular weight is 582 g/mol. The molecule has 3 aliphatic rings. The molecule has 4 aromatic rings. The minimum absolute atomic E-state index is 0.0591. The second-order valence-electron chi connectivity index (χ2n) is 10.5. The van der Waals surface area contributed by atoms with Crippen molar-refractivity contribution in [2.45, 2.75) is 22.9 Å². The number of amides is 2. The van der Waals surface area contributed by atoms with E-state index in [-0.39, 0.29) is 31.0 Å². The summed E-state index contributed by atoms with van der Waals surface area (Å²) in [7, 11) is 0. The Hall–Kier alpha value is -4.34. The van der Waals surface area contributed by atoms with E-state index in [1.165, 1.54) is 17.8 Å². The Morgan fingerprint density at radius 3 is 2.45 bits per heavy atom. The molecule has 7 nitrogen and oxygen atoms in total. The zero-order valence-electron chi connectivity index (χ0n) is 22.8. The van der Waals surface area contributed by atoms with Crippen molar-refractivity contribution in [1.29, 1.82) is 0 Å². The van der Waals surface area contributed by atoms with Crippen molar-refractivity contribution in [3.05, 3.63) is 113 Å². The number of rotatable bonds is 5. The van der Waals surface area contributed by atoms with E-state index >= 15 is 0 Å². The summed E-state index contributed by atoms with van der Waals surface area (Å²) in [5.41, 5.74) is 3.23. The zero-order chi connectivity index (χ0) is 28.6. The summed E-state index contributed by atoms with van der Waals surface area (Å²) < 4.78 is 25.6. The molecule has 0 aliphatic carbocycles. The van der Waals surface area contributed by atoms with Crippen molar-refractivity contribution in [2.24, 2.45) is 0 Å². The second kappa shape index (κ2) is 11.2. The standard InChI is InChI=1S/C33H28FN3O4S/c34-26-7-3-1-5-24(26)20-37-27-18-23(10-12-31(27)42-30-8-4-2-6-25(30)33(37)39)32(38)36-15-13-35(14-16-36)19-22-9-11-28-29(17-22)41-21-40-28/h1-12,17-18H,13-16,19-21H2. The van der Waals surface area contributed by atoms with Crippen LogP contribution in [0.15, 0.2) is 94.7 Å². The molecule has 0 saturated carbocycles. The van der Waals surface area contributed by atoms with Gasteiger partial charge >= 0.3 is 0 Å². The first-order chi connectivity index (χ1) is 20.5. The molecule has 0 unspecified atom stereocenters. The molecule has 0 N–H and O–H groups in total. The van der Waals surface area contributed by atoms with Crippen molar-refractivity contribution in [3.8, 4) is 11.5 Å². The molecular weight excluding hydrogens is 553 g/mol. The fourth-order valence-corrected chi connectivity index (χ4v) is 6.65. The summed E-state index contributed by atoms with van der Waals surface area (Å²) in [6.45, 7) is 3.76. The zero-order valence-corrected chi connectivity index (χ0v) is 23.6. The molecule has 0 radical (unpaired) electrons. The highest BCUT2D eigenvalue weighted by atomic mass is 32.2. The minimum Gasteiger partial charge on any atom is -0.454 e. The van der Waals surface area contributed by atoms with Crippen molar-refractivity contribution >= 4 is 29.3 Å². The highest BCUT2D eigenvalue weighted by Gasteiger charge is 2.30. The van der Waals surface area contributed by atoms with Gasteiger partial charge in [-0.25, -0.2) is 4.39 Å². The number of ether oxygens (including phenoxy) is 2. The average Bonchev–Trinajstić information content (AvgIpc) is 3.45. The molecule has 1 saturated heterocycles. The van der Waals surface area contributed by atoms with Gasteiger partial charge < -0.3 is 19.3 Å². The van der Waals surface area contributed by atoms with Crippen LogP contribution < -0.4 is 14.4 Å². The third-order valence-electron chi connectivity index (χ3n) is 7.87. The smallest absolute Gasteiger partial charge is 0.259 e. The summed E-state index contributed by atoms with van der Waals surface area (Å²) in [4.78, 5) is 35.0. The molecule has 3 heterocycles. The third-order valence-corrected chi connectivity index (χ3v) is 9.01. The molecule has 212 valence electrons. The van der Waals surface area contributed by atoms with Gasteiger partial charge in [0.15, 0.2) is 11.5 Å². The van der Waals surface area contributed by atoms with E-state index in [9.17, 15) is 14.0 Å². The highest BCUT2D eigenvalue weighted by molar-refractivity contribution is 7.99. The van der Waals surface area contributed by atoms with Crippen LogP contribution in [0.2, 0.25) is 0 Å². The van der Waals surface area contributed by atoms with Crippen LogP contribution in [0.4, 0.5) is 10.1 Å². The van der Waals surface area contributed by atoms with E-state index in [0.29, 0.717) is 35.5 Å². The number of nitrogens with zero attached hydrogens (tertiary/aromatic N) is 3. The van der Waals surface area contributed by atoms with Gasteiger partial charge in [-0.2, -0.15) is 0 Å². The van der Waals surface area contributed by atoms with Crippen molar-refractivity contribution in [1.82, 2.24) is 9.80 Å². The molecule has 4 aromatic carbocycles. The lowest BCUT2D eigenvalue weighted by Crippen LogP contribution is -2.48. The van der Waals surface area contributed by atoms with Gasteiger partial charge in [-0.3, -0.25) is 14.5 Å². The molecule has 9 heteroatoms. The summed E-state index contributed by atoms with van der Waals surface area (Å²) in [5, 5.41) is 0. The van der Waals surface area contributed by atoms with E-state index in [0.717, 1.165) is 46.5 Å². The van der Waals surface area contributed by atoms with Crippen LogP contribution in [0, 0.1) is 5.82 Å². The number of benzene rings is 4. The Morgan fingerprint density at radius 2 is 1.60 bits per heavy atom. The molecular formula is C33H28FN3O4S. The molecule has 7 rings (SSSR count). The Morgan fingerprint density at radius 1 is 0.810 bits per heavy atom. The lowest BCUT2D eigenvalue weighted by Gasteiger charge is -2.35. The Bertz CT molecular complexity index is 1690. The topological polar surface area (TPSA) is 62.3 Å². The van der Waals surface area contributed by atoms with E-state index in [4.69, 9.17) is 9.47 Å². The first kappa shape index (κ1) is 26.6. The largest absolute Gasteiger partial charge is 0.454 e. The fraction of sp³-hybridized carbons (Fsp3) is 0.212. The number of hydrogen-bond acceptors (Lipinski definition) is 6. The maximum Gasteiger partial charge on any atom is 0.259 e. The fourth-order valence-electron chi connectivity index (χ4n) is 5.60. The molecule has 0 spiro atoms. The Labute approximate surface area is 247 Å². The van der Waals surface area contributed by atoms with Gasteiger partial charge in [-0.1, -0.05) is 48.2 Å². The van der Waals surface area contributed by atoms with Gasteiger partial charge in [-0.15, -0.1) is 0 Å². The molecule has 2 amide bonds. The van der Waals surface area contributed by atoms with Crippen LogP contribution in [0.5, 0.6) is 11.5 Å². The first-order valence-corrected chi connectivity index (χ1v) is 14.7. The van der Waals surface area contributed by atoms with E-state index in [2.05, 4.69) is 4.90 Å². The summed E-state index contributed by atoms with van der Waals surface area (Å²) in [6, 6.07) is 25.4. The second-order valence-corrected chi connectivity index (χ2v) is 11.6. The number of piperazine rings is 1. The van der Waals surface area contributed by atoms with Crippen molar-refractivity contribution < 1.29 is 23.5 Å². The van der Waals surface area contributed by atoms with Crippen molar-refractivity contribution in [3.63, 3.8) is 0 Å². The lowest BCUT2D eigenvalue weighted by molar-refractivity contribution is 0.0628. The first-order valence-electron chi connectivity index (χ1n) is 13.9. The predicted molar refractivity (Wildman–Crippen MR) is 158 cm³/mol. The molecule has 42 heavy (non-hydrogen) atoms. The number of anilines is 1. The van der Waals surface area contributed by atoms with Crippen LogP contribution in [-0.4, -0.2) is 54.6 Å². The number of halogens is 1. The minimum atomic E-state index is -0.372. The SMILES string of the molecule is O=C(c1ccc2c(c1)N(Cc1ccccc1F)C(=O)c1ccccc1S2)N1CCN(Cc2ccc3c(c2)OCO3)CC1. The number of fused-ring (bicyclic) bond motifs is 3. The van der Waals surface area contributed by atoms with Crippen molar-refractivity contribution in [2.75, 3.05) is 37.9 Å². The predicted octanol–water partition coefficient (Wildman–Crippen LogP) is 5.82. The normalized spacial score (nSPS) is 16.2. The van der Waals surface area contributed by atoms with Gasteiger partial charge in [0.25, 0.3) is 11.8 Å². The van der Waals surface area contributed by atoms with Gasteiger partial charge in [0.2, 0.25) is 6.79 Å². The summed E-state index contributed by atoms with van der Waals surface area (Å²) in [5.74, 6) is 0.870. The summed E-state index contributed by atoms with van der Waals surface area (Å²) >= 11 is 1.49. The van der Waals surface area contributed by atoms with Gasteiger partial charge in [0, 0.05) is 53.6 Å². The Kier molecular flexibility index (Phi) is 7.05. The van der Waals surface area contributed by atoms with Crippen LogP contribution in [0.25, 0.3) is 0 Å². The van der Waals surface area contributed by atoms with E-state index in [1.807, 2.05) is 53.4 Å². The lowest BCUT2D eigenvalue weighted by atomic mass is 10.1. The van der Waals surface area contributed by atoms with Gasteiger partial charge in [0.1, 0.15) is 5.82 Å². The number of hydrogen-bond donors (Lipinski definition) is 0. The van der Waals surface area contributed by atoms with E-state index < -0.39 is 0 Å². The number of carbonyl (C=O) groups excluding carboxylic acids is 2.